The molecule has 1 aliphatic rings. The van der Waals surface area contributed by atoms with Gasteiger partial charge in [0.05, 0.1) is 11.8 Å². The highest BCUT2D eigenvalue weighted by Crippen LogP contribution is 2.27. The van der Waals surface area contributed by atoms with Crippen LogP contribution < -0.4 is 4.90 Å². The second kappa shape index (κ2) is 6.85. The van der Waals surface area contributed by atoms with Gasteiger partial charge >= 0.3 is 5.97 Å². The first kappa shape index (κ1) is 15.7. The van der Waals surface area contributed by atoms with Crippen LogP contribution in [0.3, 0.4) is 0 Å². The third-order valence-electron chi connectivity index (χ3n) is 4.05. The van der Waals surface area contributed by atoms with Crippen molar-refractivity contribution < 1.29 is 14.6 Å². The molecule has 1 aliphatic heterocycles. The summed E-state index contributed by atoms with van der Waals surface area (Å²) in [6, 6.07) is 0. The Bertz CT molecular complexity index is 519. The molecular formula is C15H23N3O3. The average molecular weight is 293 g/mol. The molecule has 0 aliphatic carbocycles. The zero-order chi connectivity index (χ0) is 15.4. The van der Waals surface area contributed by atoms with E-state index in [1.54, 1.807) is 7.11 Å². The van der Waals surface area contributed by atoms with Crippen molar-refractivity contribution in [3.05, 3.63) is 16.8 Å². The minimum atomic E-state index is -0.925. The molecule has 0 saturated carbocycles. The van der Waals surface area contributed by atoms with Gasteiger partial charge in [0, 0.05) is 20.2 Å². The lowest BCUT2D eigenvalue weighted by Crippen LogP contribution is -2.41. The number of aromatic carboxylic acids is 1. The Balaban J connectivity index is 2.45. The van der Waals surface area contributed by atoms with Crippen LogP contribution in [0.15, 0.2) is 0 Å². The van der Waals surface area contributed by atoms with Gasteiger partial charge in [0.1, 0.15) is 5.56 Å². The Labute approximate surface area is 125 Å². The van der Waals surface area contributed by atoms with Gasteiger partial charge in [-0.2, -0.15) is 5.10 Å². The van der Waals surface area contributed by atoms with Crippen molar-refractivity contribution in [1.82, 2.24) is 10.2 Å². The van der Waals surface area contributed by atoms with Crippen molar-refractivity contribution in [2.24, 2.45) is 0 Å². The van der Waals surface area contributed by atoms with Crippen molar-refractivity contribution in [1.29, 1.82) is 0 Å². The molecule has 1 atom stereocenters. The quantitative estimate of drug-likeness (QED) is 0.894. The van der Waals surface area contributed by atoms with Crippen LogP contribution in [0.4, 0.5) is 5.82 Å². The Morgan fingerprint density at radius 1 is 1.38 bits per heavy atom. The van der Waals surface area contributed by atoms with E-state index in [2.05, 4.69) is 10.2 Å². The maximum absolute atomic E-state index is 11.7. The third-order valence-corrected chi connectivity index (χ3v) is 4.05. The van der Waals surface area contributed by atoms with Gasteiger partial charge < -0.3 is 14.7 Å². The molecule has 1 N–H and O–H groups in total. The number of anilines is 1. The van der Waals surface area contributed by atoms with Gasteiger partial charge in [-0.05, 0) is 31.2 Å². The summed E-state index contributed by atoms with van der Waals surface area (Å²) in [5, 5.41) is 18.1. The fourth-order valence-electron chi connectivity index (χ4n) is 2.93. The van der Waals surface area contributed by atoms with Crippen LogP contribution in [0.5, 0.6) is 0 Å². The van der Waals surface area contributed by atoms with E-state index in [9.17, 15) is 9.90 Å². The van der Waals surface area contributed by atoms with Crippen molar-refractivity contribution in [3.63, 3.8) is 0 Å². The Hall–Kier alpha value is -1.69. The SMILES string of the molecule is CCc1nnc(N2CCCC(OC)C2)c(C(=O)O)c1CC. The summed E-state index contributed by atoms with van der Waals surface area (Å²) >= 11 is 0. The summed E-state index contributed by atoms with van der Waals surface area (Å²) in [6.45, 7) is 5.39. The Morgan fingerprint density at radius 3 is 2.71 bits per heavy atom. The first-order chi connectivity index (χ1) is 10.1. The second-order valence-corrected chi connectivity index (χ2v) is 5.28. The molecule has 1 unspecified atom stereocenters. The number of rotatable bonds is 5. The summed E-state index contributed by atoms with van der Waals surface area (Å²) in [6.07, 6.45) is 3.43. The smallest absolute Gasteiger partial charge is 0.339 e. The number of carbonyl (C=O) groups is 1. The molecule has 6 heteroatoms. The Morgan fingerprint density at radius 2 is 2.14 bits per heavy atom. The first-order valence-electron chi connectivity index (χ1n) is 7.51. The van der Waals surface area contributed by atoms with Gasteiger partial charge in [0.2, 0.25) is 0 Å². The maximum Gasteiger partial charge on any atom is 0.339 e. The molecule has 0 spiro atoms. The van der Waals surface area contributed by atoms with E-state index in [0.29, 0.717) is 30.8 Å². The van der Waals surface area contributed by atoms with Gasteiger partial charge in [-0.1, -0.05) is 13.8 Å². The largest absolute Gasteiger partial charge is 0.478 e. The highest BCUT2D eigenvalue weighted by molar-refractivity contribution is 5.95. The van der Waals surface area contributed by atoms with E-state index < -0.39 is 5.97 Å². The number of ether oxygens (including phenoxy) is 1. The lowest BCUT2D eigenvalue weighted by Gasteiger charge is -2.33. The lowest BCUT2D eigenvalue weighted by atomic mass is 10.0. The topological polar surface area (TPSA) is 75.5 Å². The Kier molecular flexibility index (Phi) is 5.12. The third kappa shape index (κ3) is 3.15. The fourth-order valence-corrected chi connectivity index (χ4v) is 2.93. The summed E-state index contributed by atoms with van der Waals surface area (Å²) in [5.41, 5.74) is 1.88. The molecule has 0 radical (unpaired) electrons. The summed E-state index contributed by atoms with van der Waals surface area (Å²) in [4.78, 5) is 13.7. The average Bonchev–Trinajstić information content (AvgIpc) is 2.53. The molecule has 21 heavy (non-hydrogen) atoms. The van der Waals surface area contributed by atoms with E-state index in [0.717, 1.165) is 30.6 Å². The summed E-state index contributed by atoms with van der Waals surface area (Å²) in [7, 11) is 1.69. The number of aryl methyl sites for hydroxylation is 1. The molecule has 0 bridgehead atoms. The molecule has 6 nitrogen and oxygen atoms in total. The molecule has 116 valence electrons. The van der Waals surface area contributed by atoms with Crippen molar-refractivity contribution >= 4 is 11.8 Å². The minimum absolute atomic E-state index is 0.123. The molecule has 1 fully saturated rings. The van der Waals surface area contributed by atoms with Crippen molar-refractivity contribution in [2.75, 3.05) is 25.1 Å². The number of carboxylic acids is 1. The molecule has 0 aromatic carbocycles. The molecule has 2 rings (SSSR count). The normalized spacial score (nSPS) is 18.8. The number of piperidine rings is 1. The second-order valence-electron chi connectivity index (χ2n) is 5.28. The van der Waals surface area contributed by atoms with E-state index in [4.69, 9.17) is 4.74 Å². The van der Waals surface area contributed by atoms with E-state index in [1.807, 2.05) is 18.7 Å². The zero-order valence-corrected chi connectivity index (χ0v) is 12.9. The number of aromatic nitrogens is 2. The summed E-state index contributed by atoms with van der Waals surface area (Å²) < 4.78 is 5.41. The molecule has 2 heterocycles. The fraction of sp³-hybridized carbons (Fsp3) is 0.667. The van der Waals surface area contributed by atoms with Crippen LogP contribution in [0.25, 0.3) is 0 Å². The van der Waals surface area contributed by atoms with Gasteiger partial charge in [-0.15, -0.1) is 5.10 Å². The van der Waals surface area contributed by atoms with Crippen LogP contribution in [0.1, 0.15) is 48.3 Å². The molecule has 1 aromatic rings. The van der Waals surface area contributed by atoms with E-state index in [-0.39, 0.29) is 6.10 Å². The predicted octanol–water partition coefficient (Wildman–Crippen LogP) is 1.91. The molecule has 1 aromatic heterocycles. The lowest BCUT2D eigenvalue weighted by molar-refractivity contribution is 0.0692. The number of nitrogens with zero attached hydrogens (tertiary/aromatic N) is 3. The standard InChI is InChI=1S/C15H23N3O3/c1-4-11-12(5-2)16-17-14(13(11)15(19)20)18-8-6-7-10(9-18)21-3/h10H,4-9H2,1-3H3,(H,19,20). The number of hydrogen-bond donors (Lipinski definition) is 1. The number of methoxy groups -OCH3 is 1. The monoisotopic (exact) mass is 293 g/mol. The summed E-state index contributed by atoms with van der Waals surface area (Å²) in [5.74, 6) is -0.440. The maximum atomic E-state index is 11.7. The highest BCUT2D eigenvalue weighted by atomic mass is 16.5. The van der Waals surface area contributed by atoms with Gasteiger partial charge in [-0.3, -0.25) is 0 Å². The number of carboxylic acid groups (broad SMARTS) is 1. The van der Waals surface area contributed by atoms with E-state index >= 15 is 0 Å². The predicted molar refractivity (Wildman–Crippen MR) is 80.0 cm³/mol. The van der Waals surface area contributed by atoms with Gasteiger partial charge in [0.25, 0.3) is 0 Å². The molecule has 1 saturated heterocycles. The van der Waals surface area contributed by atoms with Crippen LogP contribution in [0.2, 0.25) is 0 Å². The van der Waals surface area contributed by atoms with Crippen LogP contribution in [-0.2, 0) is 17.6 Å². The molecule has 0 amide bonds. The van der Waals surface area contributed by atoms with Crippen LogP contribution >= 0.6 is 0 Å². The zero-order valence-electron chi connectivity index (χ0n) is 12.9. The minimum Gasteiger partial charge on any atom is -0.478 e. The van der Waals surface area contributed by atoms with Gasteiger partial charge in [-0.25, -0.2) is 4.79 Å². The van der Waals surface area contributed by atoms with Crippen LogP contribution in [0, 0.1) is 0 Å². The van der Waals surface area contributed by atoms with Crippen molar-refractivity contribution in [3.8, 4) is 0 Å². The number of hydrogen-bond acceptors (Lipinski definition) is 5. The molecular weight excluding hydrogens is 270 g/mol. The van der Waals surface area contributed by atoms with Crippen LogP contribution in [-0.4, -0.2) is 47.6 Å². The van der Waals surface area contributed by atoms with Gasteiger partial charge in [0.15, 0.2) is 5.82 Å². The van der Waals surface area contributed by atoms with Crippen molar-refractivity contribution in [2.45, 2.75) is 45.6 Å². The van der Waals surface area contributed by atoms with E-state index in [1.165, 1.54) is 0 Å². The highest BCUT2D eigenvalue weighted by Gasteiger charge is 2.27. The first-order valence-corrected chi connectivity index (χ1v) is 7.51.